The number of anilines is 1. The largest absolute Gasteiger partial charge is 0.364 e. The van der Waals surface area contributed by atoms with Gasteiger partial charge in [0.25, 0.3) is 0 Å². The van der Waals surface area contributed by atoms with Crippen LogP contribution in [0.3, 0.4) is 0 Å². The first-order chi connectivity index (χ1) is 14.5. The summed E-state index contributed by atoms with van der Waals surface area (Å²) in [4.78, 5) is 12.1. The number of imidazole rings is 1. The molecule has 2 heterocycles. The molecule has 0 fully saturated rings. The number of halogens is 1. The summed E-state index contributed by atoms with van der Waals surface area (Å²) in [6.07, 6.45) is 3.28. The fourth-order valence-corrected chi connectivity index (χ4v) is 3.69. The number of H-pyrrole nitrogens is 1. The van der Waals surface area contributed by atoms with Crippen molar-refractivity contribution in [3.8, 4) is 22.5 Å². The monoisotopic (exact) mass is 420 g/mol. The maximum absolute atomic E-state index is 13.4. The van der Waals surface area contributed by atoms with Crippen LogP contribution in [0.5, 0.6) is 0 Å². The van der Waals surface area contributed by atoms with Crippen LogP contribution in [0.15, 0.2) is 78.1 Å². The minimum absolute atomic E-state index is 0.0726. The smallest absolute Gasteiger partial charge is 0.197 e. The van der Waals surface area contributed by atoms with Gasteiger partial charge in [-0.1, -0.05) is 30.3 Å². The molecule has 30 heavy (non-hydrogen) atoms. The predicted octanol–water partition coefficient (Wildman–Crippen LogP) is 5.19. The van der Waals surface area contributed by atoms with Crippen molar-refractivity contribution in [1.29, 1.82) is 0 Å². The third-order valence-corrected chi connectivity index (χ3v) is 5.52. The van der Waals surface area contributed by atoms with E-state index in [4.69, 9.17) is 0 Å². The highest BCUT2D eigenvalue weighted by Gasteiger charge is 2.17. The SMILES string of the molecule is C[C@@H](Nc1cc(-c2nc(S(C)=O)[nH]c2-c2ccc(F)cc2)ccn1)c1ccccc1. The molecular weight excluding hydrogens is 399 g/mol. The number of aromatic amines is 1. The van der Waals surface area contributed by atoms with Crippen molar-refractivity contribution in [2.75, 3.05) is 11.6 Å². The molecule has 5 nitrogen and oxygen atoms in total. The quantitative estimate of drug-likeness (QED) is 0.450. The van der Waals surface area contributed by atoms with Crippen molar-refractivity contribution in [2.45, 2.75) is 18.1 Å². The van der Waals surface area contributed by atoms with E-state index in [2.05, 4.69) is 39.3 Å². The Morgan fingerprint density at radius 3 is 2.47 bits per heavy atom. The third-order valence-electron chi connectivity index (χ3n) is 4.78. The topological polar surface area (TPSA) is 70.7 Å². The Morgan fingerprint density at radius 1 is 1.03 bits per heavy atom. The Balaban J connectivity index is 1.71. The van der Waals surface area contributed by atoms with Gasteiger partial charge in [-0.25, -0.2) is 14.4 Å². The van der Waals surface area contributed by atoms with Crippen LogP contribution in [-0.4, -0.2) is 25.4 Å². The molecule has 2 aromatic heterocycles. The molecular formula is C23H21FN4OS. The summed E-state index contributed by atoms with van der Waals surface area (Å²) in [6.45, 7) is 2.07. The van der Waals surface area contributed by atoms with Crippen LogP contribution in [0.2, 0.25) is 0 Å². The molecule has 2 aromatic carbocycles. The summed E-state index contributed by atoms with van der Waals surface area (Å²) >= 11 is 0. The summed E-state index contributed by atoms with van der Waals surface area (Å²) < 4.78 is 25.4. The average molecular weight is 421 g/mol. The second-order valence-corrected chi connectivity index (χ2v) is 8.23. The van der Waals surface area contributed by atoms with E-state index in [1.165, 1.54) is 12.1 Å². The lowest BCUT2D eigenvalue weighted by atomic mass is 10.1. The van der Waals surface area contributed by atoms with E-state index in [-0.39, 0.29) is 11.9 Å². The van der Waals surface area contributed by atoms with Gasteiger partial charge >= 0.3 is 0 Å². The van der Waals surface area contributed by atoms with Crippen LogP contribution >= 0.6 is 0 Å². The normalized spacial score (nSPS) is 13.0. The van der Waals surface area contributed by atoms with Crippen LogP contribution in [0, 0.1) is 5.82 Å². The van der Waals surface area contributed by atoms with Crippen molar-refractivity contribution in [3.63, 3.8) is 0 Å². The first kappa shape index (κ1) is 20.0. The Hall–Kier alpha value is -3.32. The molecule has 0 bridgehead atoms. The minimum Gasteiger partial charge on any atom is -0.364 e. The van der Waals surface area contributed by atoms with Crippen molar-refractivity contribution in [3.05, 3.63) is 84.3 Å². The summed E-state index contributed by atoms with van der Waals surface area (Å²) in [5, 5.41) is 3.77. The van der Waals surface area contributed by atoms with E-state index in [1.54, 1.807) is 24.6 Å². The first-order valence-electron chi connectivity index (χ1n) is 9.48. The van der Waals surface area contributed by atoms with E-state index in [0.717, 1.165) is 16.7 Å². The molecule has 0 aliphatic heterocycles. The fraction of sp³-hybridized carbons (Fsp3) is 0.130. The minimum atomic E-state index is -1.28. The molecule has 152 valence electrons. The third kappa shape index (κ3) is 4.31. The van der Waals surface area contributed by atoms with E-state index in [1.807, 2.05) is 30.3 Å². The maximum Gasteiger partial charge on any atom is 0.197 e. The fourth-order valence-electron chi connectivity index (χ4n) is 3.23. The summed E-state index contributed by atoms with van der Waals surface area (Å²) in [5.41, 5.74) is 4.07. The van der Waals surface area contributed by atoms with Crippen LogP contribution in [0.25, 0.3) is 22.5 Å². The number of rotatable bonds is 6. The van der Waals surface area contributed by atoms with Crippen LogP contribution in [-0.2, 0) is 10.8 Å². The van der Waals surface area contributed by atoms with Crippen molar-refractivity contribution in [1.82, 2.24) is 15.0 Å². The van der Waals surface area contributed by atoms with Crippen molar-refractivity contribution in [2.24, 2.45) is 0 Å². The molecule has 0 saturated heterocycles. The van der Waals surface area contributed by atoms with Gasteiger partial charge in [0, 0.05) is 29.6 Å². The van der Waals surface area contributed by atoms with Gasteiger partial charge in [0.05, 0.1) is 22.2 Å². The van der Waals surface area contributed by atoms with Gasteiger partial charge in [0.15, 0.2) is 5.16 Å². The molecule has 2 N–H and O–H groups in total. The lowest BCUT2D eigenvalue weighted by Crippen LogP contribution is -2.07. The van der Waals surface area contributed by atoms with E-state index < -0.39 is 10.8 Å². The van der Waals surface area contributed by atoms with Crippen LogP contribution < -0.4 is 5.32 Å². The first-order valence-corrected chi connectivity index (χ1v) is 11.0. The second kappa shape index (κ2) is 8.59. The Bertz CT molecular complexity index is 1180. The zero-order chi connectivity index (χ0) is 21.1. The van der Waals surface area contributed by atoms with Gasteiger partial charge in [-0.2, -0.15) is 0 Å². The summed E-state index contributed by atoms with van der Waals surface area (Å²) in [6, 6.07) is 20.1. The average Bonchev–Trinajstić information content (AvgIpc) is 3.21. The zero-order valence-electron chi connectivity index (χ0n) is 16.6. The number of hydrogen-bond acceptors (Lipinski definition) is 4. The van der Waals surface area contributed by atoms with Crippen LogP contribution in [0.4, 0.5) is 10.2 Å². The number of benzene rings is 2. The highest BCUT2D eigenvalue weighted by atomic mass is 32.2. The van der Waals surface area contributed by atoms with Crippen molar-refractivity contribution < 1.29 is 8.60 Å². The molecule has 7 heteroatoms. The highest BCUT2D eigenvalue weighted by molar-refractivity contribution is 7.84. The lowest BCUT2D eigenvalue weighted by molar-refractivity contribution is 0.628. The number of hydrogen-bond donors (Lipinski definition) is 2. The van der Waals surface area contributed by atoms with Gasteiger partial charge in [-0.3, -0.25) is 4.21 Å². The van der Waals surface area contributed by atoms with Gasteiger partial charge in [-0.05, 0) is 48.9 Å². The lowest BCUT2D eigenvalue weighted by Gasteiger charge is -2.15. The molecule has 0 aliphatic carbocycles. The predicted molar refractivity (Wildman–Crippen MR) is 118 cm³/mol. The molecule has 0 spiro atoms. The molecule has 4 aromatic rings. The number of nitrogens with zero attached hydrogens (tertiary/aromatic N) is 2. The van der Waals surface area contributed by atoms with Gasteiger partial charge < -0.3 is 10.3 Å². The van der Waals surface area contributed by atoms with Gasteiger partial charge in [-0.15, -0.1) is 0 Å². The van der Waals surface area contributed by atoms with E-state index in [9.17, 15) is 8.60 Å². The van der Waals surface area contributed by atoms with Crippen molar-refractivity contribution >= 4 is 16.6 Å². The zero-order valence-corrected chi connectivity index (χ0v) is 17.4. The highest BCUT2D eigenvalue weighted by Crippen LogP contribution is 2.32. The number of pyridine rings is 1. The molecule has 2 atom stereocenters. The summed E-state index contributed by atoms with van der Waals surface area (Å²) in [7, 11) is -1.28. The standard InChI is InChI=1S/C23H21FN4OS/c1-15(16-6-4-3-5-7-16)26-20-14-18(12-13-25-20)22-21(27-23(28-22)30(2)29)17-8-10-19(24)11-9-17/h3-15H,1-2H3,(H,25,26)(H,27,28)/t15-,30?/m1/s1. The number of nitrogens with one attached hydrogen (secondary N) is 2. The molecule has 0 saturated carbocycles. The summed E-state index contributed by atoms with van der Waals surface area (Å²) in [5.74, 6) is 0.389. The maximum atomic E-state index is 13.4. The second-order valence-electron chi connectivity index (χ2n) is 6.93. The molecule has 0 amide bonds. The van der Waals surface area contributed by atoms with E-state index in [0.29, 0.717) is 22.4 Å². The number of aromatic nitrogens is 3. The molecule has 0 aliphatic rings. The Kier molecular flexibility index (Phi) is 5.72. The van der Waals surface area contributed by atoms with Gasteiger partial charge in [0.1, 0.15) is 11.6 Å². The Morgan fingerprint density at radius 2 is 1.77 bits per heavy atom. The molecule has 4 rings (SSSR count). The molecule has 0 radical (unpaired) electrons. The Labute approximate surface area is 176 Å². The van der Waals surface area contributed by atoms with Crippen LogP contribution in [0.1, 0.15) is 18.5 Å². The van der Waals surface area contributed by atoms with Gasteiger partial charge in [0.2, 0.25) is 0 Å². The molecule has 1 unspecified atom stereocenters. The van der Waals surface area contributed by atoms with E-state index >= 15 is 0 Å².